The van der Waals surface area contributed by atoms with Crippen LogP contribution in [-0.4, -0.2) is 67.1 Å². The summed E-state index contributed by atoms with van der Waals surface area (Å²) < 4.78 is 18.4. The summed E-state index contributed by atoms with van der Waals surface area (Å²) in [7, 11) is 1.60. The summed E-state index contributed by atoms with van der Waals surface area (Å²) in [5.41, 5.74) is 5.07. The van der Waals surface area contributed by atoms with Crippen molar-refractivity contribution in [3.05, 3.63) is 120 Å². The van der Waals surface area contributed by atoms with Gasteiger partial charge >= 0.3 is 0 Å². The molecule has 0 aliphatic carbocycles. The molecule has 2 fully saturated rings. The van der Waals surface area contributed by atoms with Crippen LogP contribution in [0, 0.1) is 22.7 Å². The van der Waals surface area contributed by atoms with Gasteiger partial charge in [0.05, 0.1) is 18.2 Å². The molecule has 262 valence electrons. The van der Waals surface area contributed by atoms with Crippen LogP contribution in [-0.2, 0) is 9.59 Å². The molecule has 2 amide bonds. The SMILES string of the molecule is C=CC(=O)N1CCC(Oc2cc(-c3ccccc3OC)c(/C=C/C(=O)N3CCC(Oc4cc(-c5ccccc5)ccc4C#N)CC3)cc2C#N)CC1. The average molecular weight is 693 g/mol. The van der Waals surface area contributed by atoms with Gasteiger partial charge in [-0.25, -0.2) is 0 Å². The Morgan fingerprint density at radius 3 is 1.90 bits per heavy atom. The molecule has 2 aliphatic rings. The fourth-order valence-electron chi connectivity index (χ4n) is 6.68. The summed E-state index contributed by atoms with van der Waals surface area (Å²) in [6, 6.07) is 31.2. The fourth-order valence-corrected chi connectivity index (χ4v) is 6.68. The van der Waals surface area contributed by atoms with Crippen LogP contribution in [0.15, 0.2) is 104 Å². The van der Waals surface area contributed by atoms with Gasteiger partial charge in [-0.3, -0.25) is 9.59 Å². The molecule has 6 rings (SSSR count). The second-order valence-electron chi connectivity index (χ2n) is 12.8. The van der Waals surface area contributed by atoms with E-state index in [4.69, 9.17) is 14.2 Å². The molecule has 52 heavy (non-hydrogen) atoms. The lowest BCUT2D eigenvalue weighted by atomic mass is 9.95. The molecule has 9 nitrogen and oxygen atoms in total. The predicted molar refractivity (Wildman–Crippen MR) is 199 cm³/mol. The Balaban J connectivity index is 1.17. The van der Waals surface area contributed by atoms with E-state index < -0.39 is 0 Å². The molecule has 9 heteroatoms. The van der Waals surface area contributed by atoms with Gasteiger partial charge in [0.2, 0.25) is 11.8 Å². The molecule has 0 unspecified atom stereocenters. The summed E-state index contributed by atoms with van der Waals surface area (Å²) in [6.45, 7) is 5.68. The number of amides is 2. The quantitative estimate of drug-likeness (QED) is 0.159. The maximum atomic E-state index is 13.5. The van der Waals surface area contributed by atoms with Crippen LogP contribution in [0.4, 0.5) is 0 Å². The number of nitrogens with zero attached hydrogens (tertiary/aromatic N) is 4. The highest BCUT2D eigenvalue weighted by molar-refractivity contribution is 5.94. The largest absolute Gasteiger partial charge is 0.496 e. The first kappa shape index (κ1) is 35.5. The molecule has 0 radical (unpaired) electrons. The second kappa shape index (κ2) is 16.6. The third-order valence-electron chi connectivity index (χ3n) is 9.55. The summed E-state index contributed by atoms with van der Waals surface area (Å²) in [6.07, 6.45) is 6.81. The molecule has 2 heterocycles. The summed E-state index contributed by atoms with van der Waals surface area (Å²) >= 11 is 0. The van der Waals surface area contributed by atoms with Crippen molar-refractivity contribution >= 4 is 17.9 Å². The van der Waals surface area contributed by atoms with E-state index in [2.05, 4.69) is 18.7 Å². The molecule has 0 saturated carbocycles. The van der Waals surface area contributed by atoms with E-state index in [1.54, 1.807) is 41.2 Å². The molecule has 2 aliphatic heterocycles. The van der Waals surface area contributed by atoms with Gasteiger partial charge in [0, 0.05) is 63.5 Å². The van der Waals surface area contributed by atoms with Crippen molar-refractivity contribution < 1.29 is 23.8 Å². The minimum absolute atomic E-state index is 0.1000. The topological polar surface area (TPSA) is 116 Å². The number of hydrogen-bond acceptors (Lipinski definition) is 7. The van der Waals surface area contributed by atoms with Crippen LogP contribution in [0.25, 0.3) is 28.3 Å². The van der Waals surface area contributed by atoms with E-state index in [1.807, 2.05) is 72.8 Å². The molecule has 0 N–H and O–H groups in total. The van der Waals surface area contributed by atoms with Crippen molar-refractivity contribution in [2.45, 2.75) is 37.9 Å². The van der Waals surface area contributed by atoms with E-state index in [-0.39, 0.29) is 24.0 Å². The number of piperidine rings is 2. The van der Waals surface area contributed by atoms with Crippen molar-refractivity contribution in [3.63, 3.8) is 0 Å². The molecule has 0 atom stereocenters. The highest BCUT2D eigenvalue weighted by Crippen LogP contribution is 2.38. The molecular formula is C43H40N4O5. The van der Waals surface area contributed by atoms with E-state index in [0.29, 0.717) is 85.8 Å². The highest BCUT2D eigenvalue weighted by atomic mass is 16.5. The lowest BCUT2D eigenvalue weighted by Crippen LogP contribution is -2.41. The van der Waals surface area contributed by atoms with Crippen molar-refractivity contribution in [1.29, 1.82) is 10.5 Å². The van der Waals surface area contributed by atoms with Gasteiger partial charge in [0.25, 0.3) is 0 Å². The standard InChI is InChI=1S/C43H40N4O5/c1-3-42(48)46-21-17-36(18-22-46)52-41-27-38(37-11-7-8-12-39(37)50-2)32(25-34(41)29-45)15-16-43(49)47-23-19-35(20-24-47)51-40-26-31(13-14-33(40)28-44)30-9-5-4-6-10-30/h3-16,25-27,35-36H,1,17-24H2,2H3/b16-15+. The zero-order valence-corrected chi connectivity index (χ0v) is 29.2. The van der Waals surface area contributed by atoms with Gasteiger partial charge in [0.1, 0.15) is 41.6 Å². The van der Waals surface area contributed by atoms with Crippen LogP contribution in [0.2, 0.25) is 0 Å². The highest BCUT2D eigenvalue weighted by Gasteiger charge is 2.26. The number of para-hydroxylation sites is 1. The van der Waals surface area contributed by atoms with Gasteiger partial charge in [-0.15, -0.1) is 0 Å². The van der Waals surface area contributed by atoms with Crippen LogP contribution in [0.3, 0.4) is 0 Å². The van der Waals surface area contributed by atoms with Crippen LogP contribution >= 0.6 is 0 Å². The number of benzene rings is 4. The maximum Gasteiger partial charge on any atom is 0.246 e. The second-order valence-corrected chi connectivity index (χ2v) is 12.8. The molecule has 0 aromatic heterocycles. The van der Waals surface area contributed by atoms with Crippen molar-refractivity contribution in [1.82, 2.24) is 9.80 Å². The number of nitriles is 2. The summed E-state index contributed by atoms with van der Waals surface area (Å²) in [5, 5.41) is 19.9. The minimum atomic E-state index is -0.166. The number of hydrogen-bond donors (Lipinski definition) is 0. The number of methoxy groups -OCH3 is 1. The van der Waals surface area contributed by atoms with Gasteiger partial charge in [-0.2, -0.15) is 10.5 Å². The van der Waals surface area contributed by atoms with Gasteiger partial charge in [-0.05, 0) is 64.7 Å². The minimum Gasteiger partial charge on any atom is -0.496 e. The third kappa shape index (κ3) is 8.17. The zero-order valence-electron chi connectivity index (χ0n) is 29.2. The molecule has 2 saturated heterocycles. The Morgan fingerprint density at radius 1 is 0.692 bits per heavy atom. The third-order valence-corrected chi connectivity index (χ3v) is 9.55. The number of likely N-dealkylation sites (tertiary alicyclic amines) is 2. The monoisotopic (exact) mass is 692 g/mol. The van der Waals surface area contributed by atoms with Crippen molar-refractivity contribution in [2.75, 3.05) is 33.3 Å². The molecule has 0 bridgehead atoms. The zero-order chi connectivity index (χ0) is 36.5. The van der Waals surface area contributed by atoms with Gasteiger partial charge in [0.15, 0.2) is 0 Å². The Morgan fingerprint density at radius 2 is 1.29 bits per heavy atom. The number of ether oxygens (including phenoxy) is 3. The number of rotatable bonds is 10. The first-order valence-electron chi connectivity index (χ1n) is 17.4. The fraction of sp³-hybridized carbons (Fsp3) is 0.256. The molecule has 0 spiro atoms. The summed E-state index contributed by atoms with van der Waals surface area (Å²) in [4.78, 5) is 29.1. The van der Waals surface area contributed by atoms with Crippen LogP contribution in [0.1, 0.15) is 42.4 Å². The van der Waals surface area contributed by atoms with Crippen molar-refractivity contribution in [3.8, 4) is 51.6 Å². The Hall–Kier alpha value is -6.32. The smallest absolute Gasteiger partial charge is 0.246 e. The first-order chi connectivity index (χ1) is 25.4. The van der Waals surface area contributed by atoms with Gasteiger partial charge < -0.3 is 24.0 Å². The first-order valence-corrected chi connectivity index (χ1v) is 17.4. The maximum absolute atomic E-state index is 13.5. The molecule has 4 aromatic carbocycles. The lowest BCUT2D eigenvalue weighted by Gasteiger charge is -2.32. The van der Waals surface area contributed by atoms with Gasteiger partial charge in [-0.1, -0.05) is 61.2 Å². The number of carbonyl (C=O) groups is 2. The lowest BCUT2D eigenvalue weighted by molar-refractivity contribution is -0.128. The Kier molecular flexibility index (Phi) is 11.3. The van der Waals surface area contributed by atoms with E-state index >= 15 is 0 Å². The van der Waals surface area contributed by atoms with E-state index in [0.717, 1.165) is 22.3 Å². The van der Waals surface area contributed by atoms with Crippen molar-refractivity contribution in [2.24, 2.45) is 0 Å². The van der Waals surface area contributed by atoms with Crippen LogP contribution < -0.4 is 14.2 Å². The Labute approximate surface area is 304 Å². The van der Waals surface area contributed by atoms with Crippen LogP contribution in [0.5, 0.6) is 17.2 Å². The molecule has 4 aromatic rings. The van der Waals surface area contributed by atoms with E-state index in [1.165, 1.54) is 6.08 Å². The number of carbonyl (C=O) groups excluding carboxylic acids is 2. The Bertz CT molecular complexity index is 2050. The predicted octanol–water partition coefficient (Wildman–Crippen LogP) is 7.41. The summed E-state index contributed by atoms with van der Waals surface area (Å²) in [5.74, 6) is 1.39. The average Bonchev–Trinajstić information content (AvgIpc) is 3.20. The normalized spacial score (nSPS) is 15.1. The van der Waals surface area contributed by atoms with E-state index in [9.17, 15) is 20.1 Å². The molecular weight excluding hydrogens is 652 g/mol.